The Hall–Kier alpha value is -4.00. The lowest BCUT2D eigenvalue weighted by molar-refractivity contribution is 0.0524. The fraction of sp³-hybridized carbons (Fsp3) is 0.310. The molecule has 3 aromatic rings. The van der Waals surface area contributed by atoms with Crippen LogP contribution in [0.5, 0.6) is 17.2 Å². The van der Waals surface area contributed by atoms with Crippen LogP contribution in [0.25, 0.3) is 0 Å². The van der Waals surface area contributed by atoms with Crippen LogP contribution in [0.3, 0.4) is 0 Å². The lowest BCUT2D eigenvalue weighted by Crippen LogP contribution is -2.42. The second kappa shape index (κ2) is 11.2. The summed E-state index contributed by atoms with van der Waals surface area (Å²) in [6.07, 6.45) is 0.692. The lowest BCUT2D eigenvalue weighted by atomic mass is 9.91. The molecule has 4 rings (SSSR count). The topological polar surface area (TPSA) is 74.3 Å². The van der Waals surface area contributed by atoms with Gasteiger partial charge in [-0.3, -0.25) is 4.79 Å². The molecule has 0 aliphatic carbocycles. The van der Waals surface area contributed by atoms with Gasteiger partial charge in [0.15, 0.2) is 11.5 Å². The molecular weight excluding hydrogens is 458 g/mol. The van der Waals surface area contributed by atoms with E-state index in [-0.39, 0.29) is 24.5 Å². The molecule has 0 unspecified atom stereocenters. The predicted molar refractivity (Wildman–Crippen MR) is 136 cm³/mol. The van der Waals surface area contributed by atoms with E-state index in [2.05, 4.69) is 0 Å². The van der Waals surface area contributed by atoms with Gasteiger partial charge in [0, 0.05) is 12.1 Å². The monoisotopic (exact) mass is 489 g/mol. The van der Waals surface area contributed by atoms with E-state index in [0.29, 0.717) is 47.9 Å². The highest BCUT2D eigenvalue weighted by Gasteiger charge is 2.33. The standard InChI is InChI=1S/C29H31NO6/c1-5-35-29(32)21-10-12-23(13-11-21)36-18-25-24-17-27(34-4)26(33-3)16-22(24)14-15-30(25)28(31)20-8-6-19(2)7-9-20/h6-13,16-17,25H,5,14-15,18H2,1-4H3/t25-/m1/s1. The number of nitrogens with zero attached hydrogens (tertiary/aromatic N) is 1. The minimum Gasteiger partial charge on any atom is -0.493 e. The zero-order valence-corrected chi connectivity index (χ0v) is 21.1. The highest BCUT2D eigenvalue weighted by Crippen LogP contribution is 2.39. The normalized spacial score (nSPS) is 14.6. The molecule has 0 fully saturated rings. The first-order chi connectivity index (χ1) is 17.4. The first-order valence-electron chi connectivity index (χ1n) is 12.0. The van der Waals surface area contributed by atoms with Gasteiger partial charge in [-0.05, 0) is 79.9 Å². The van der Waals surface area contributed by atoms with Crippen LogP contribution in [0.1, 0.15) is 50.4 Å². The summed E-state index contributed by atoms with van der Waals surface area (Å²) < 4.78 is 22.2. The van der Waals surface area contributed by atoms with Crippen LogP contribution in [0.4, 0.5) is 0 Å². The number of hydrogen-bond donors (Lipinski definition) is 0. The van der Waals surface area contributed by atoms with Crippen molar-refractivity contribution in [3.05, 3.63) is 88.5 Å². The molecule has 0 saturated heterocycles. The molecule has 1 atom stereocenters. The zero-order valence-electron chi connectivity index (χ0n) is 21.1. The van der Waals surface area contributed by atoms with Gasteiger partial charge in [-0.2, -0.15) is 0 Å². The number of esters is 1. The van der Waals surface area contributed by atoms with E-state index in [9.17, 15) is 9.59 Å². The highest BCUT2D eigenvalue weighted by atomic mass is 16.5. The smallest absolute Gasteiger partial charge is 0.338 e. The SMILES string of the molecule is CCOC(=O)c1ccc(OC[C@@H]2c3cc(OC)c(OC)cc3CCN2C(=O)c2ccc(C)cc2)cc1. The number of benzene rings is 3. The number of hydrogen-bond acceptors (Lipinski definition) is 6. The molecular formula is C29H31NO6. The van der Waals surface area contributed by atoms with Gasteiger partial charge < -0.3 is 23.8 Å². The fourth-order valence-electron chi connectivity index (χ4n) is 4.39. The van der Waals surface area contributed by atoms with Crippen molar-refractivity contribution in [2.75, 3.05) is 34.0 Å². The molecule has 0 radical (unpaired) electrons. The van der Waals surface area contributed by atoms with Crippen LogP contribution >= 0.6 is 0 Å². The van der Waals surface area contributed by atoms with Crippen molar-refractivity contribution in [3.8, 4) is 17.2 Å². The van der Waals surface area contributed by atoms with Crippen molar-refractivity contribution in [2.24, 2.45) is 0 Å². The first kappa shape index (κ1) is 25.1. The third-order valence-electron chi connectivity index (χ3n) is 6.34. The number of aryl methyl sites for hydroxylation is 1. The molecule has 0 bridgehead atoms. The Kier molecular flexibility index (Phi) is 7.78. The van der Waals surface area contributed by atoms with Crippen LogP contribution in [0.15, 0.2) is 60.7 Å². The van der Waals surface area contributed by atoms with Crippen LogP contribution in [0, 0.1) is 6.92 Å². The van der Waals surface area contributed by atoms with Crippen LogP contribution in [-0.2, 0) is 11.2 Å². The van der Waals surface area contributed by atoms with E-state index in [0.717, 1.165) is 16.7 Å². The Bertz CT molecular complexity index is 1220. The molecule has 7 heteroatoms. The molecule has 0 saturated carbocycles. The Labute approximate surface area is 211 Å². The highest BCUT2D eigenvalue weighted by molar-refractivity contribution is 5.94. The average Bonchev–Trinajstić information content (AvgIpc) is 2.91. The minimum atomic E-state index is -0.374. The molecule has 0 aromatic heterocycles. The number of methoxy groups -OCH3 is 2. The van der Waals surface area contributed by atoms with E-state index < -0.39 is 0 Å². The van der Waals surface area contributed by atoms with Gasteiger partial charge in [0.1, 0.15) is 12.4 Å². The van der Waals surface area contributed by atoms with Gasteiger partial charge in [-0.1, -0.05) is 17.7 Å². The van der Waals surface area contributed by atoms with Crippen molar-refractivity contribution >= 4 is 11.9 Å². The van der Waals surface area contributed by atoms with Gasteiger partial charge in [0.05, 0.1) is 32.4 Å². The summed E-state index contributed by atoms with van der Waals surface area (Å²) in [6, 6.07) is 18.0. The molecule has 0 spiro atoms. The number of carbonyl (C=O) groups excluding carboxylic acids is 2. The predicted octanol–water partition coefficient (Wildman–Crippen LogP) is 5.01. The number of amides is 1. The Morgan fingerprint density at radius 3 is 2.19 bits per heavy atom. The third kappa shape index (κ3) is 5.30. The average molecular weight is 490 g/mol. The maximum Gasteiger partial charge on any atom is 0.338 e. The third-order valence-corrected chi connectivity index (χ3v) is 6.34. The van der Waals surface area contributed by atoms with E-state index in [1.165, 1.54) is 0 Å². The zero-order chi connectivity index (χ0) is 25.7. The van der Waals surface area contributed by atoms with Crippen molar-refractivity contribution in [1.29, 1.82) is 0 Å². The minimum absolute atomic E-state index is 0.0540. The molecule has 1 aliphatic heterocycles. The van der Waals surface area contributed by atoms with Gasteiger partial charge >= 0.3 is 5.97 Å². The molecule has 36 heavy (non-hydrogen) atoms. The van der Waals surface area contributed by atoms with Crippen LogP contribution < -0.4 is 14.2 Å². The summed E-state index contributed by atoms with van der Waals surface area (Å²) in [6.45, 7) is 4.86. The summed E-state index contributed by atoms with van der Waals surface area (Å²) in [5.74, 6) is 1.43. The van der Waals surface area contributed by atoms with Gasteiger partial charge in [0.25, 0.3) is 5.91 Å². The largest absolute Gasteiger partial charge is 0.493 e. The van der Waals surface area contributed by atoms with E-state index in [1.54, 1.807) is 45.4 Å². The molecule has 3 aromatic carbocycles. The molecule has 188 valence electrons. The Morgan fingerprint density at radius 1 is 0.917 bits per heavy atom. The fourth-order valence-corrected chi connectivity index (χ4v) is 4.39. The maximum atomic E-state index is 13.6. The lowest BCUT2D eigenvalue weighted by Gasteiger charge is -2.37. The van der Waals surface area contributed by atoms with E-state index in [1.807, 2.05) is 48.2 Å². The molecule has 1 heterocycles. The maximum absolute atomic E-state index is 13.6. The van der Waals surface area contributed by atoms with Crippen molar-refractivity contribution in [1.82, 2.24) is 4.90 Å². The molecule has 1 aliphatic rings. The quantitative estimate of drug-likeness (QED) is 0.414. The second-order valence-electron chi connectivity index (χ2n) is 8.59. The van der Waals surface area contributed by atoms with E-state index in [4.69, 9.17) is 18.9 Å². The number of fused-ring (bicyclic) bond motifs is 1. The van der Waals surface area contributed by atoms with Gasteiger partial charge in [0.2, 0.25) is 0 Å². The molecule has 1 amide bonds. The van der Waals surface area contributed by atoms with Gasteiger partial charge in [-0.25, -0.2) is 4.79 Å². The summed E-state index contributed by atoms with van der Waals surface area (Å²) in [5.41, 5.74) is 4.24. The number of ether oxygens (including phenoxy) is 4. The first-order valence-corrected chi connectivity index (χ1v) is 12.0. The van der Waals surface area contributed by atoms with Crippen LogP contribution in [-0.4, -0.2) is 50.8 Å². The Balaban J connectivity index is 1.63. The van der Waals surface area contributed by atoms with E-state index >= 15 is 0 Å². The summed E-state index contributed by atoms with van der Waals surface area (Å²) in [5, 5.41) is 0. The number of carbonyl (C=O) groups is 2. The summed E-state index contributed by atoms with van der Waals surface area (Å²) in [7, 11) is 3.21. The van der Waals surface area contributed by atoms with Crippen molar-refractivity contribution < 1.29 is 28.5 Å². The van der Waals surface area contributed by atoms with Crippen molar-refractivity contribution in [2.45, 2.75) is 26.3 Å². The van der Waals surface area contributed by atoms with Crippen LogP contribution in [0.2, 0.25) is 0 Å². The summed E-state index contributed by atoms with van der Waals surface area (Å²) >= 11 is 0. The second-order valence-corrected chi connectivity index (χ2v) is 8.59. The Morgan fingerprint density at radius 2 is 1.56 bits per heavy atom. The molecule has 7 nitrogen and oxygen atoms in total. The molecule has 0 N–H and O–H groups in total. The van der Waals surface area contributed by atoms with Crippen molar-refractivity contribution in [3.63, 3.8) is 0 Å². The number of rotatable bonds is 8. The van der Waals surface area contributed by atoms with Gasteiger partial charge in [-0.15, -0.1) is 0 Å². The summed E-state index contributed by atoms with van der Waals surface area (Å²) in [4.78, 5) is 27.4.